The molecule has 0 aliphatic carbocycles. The number of unbranched alkanes of at least 4 members (excludes halogenated alkanes) is 2. The van der Waals surface area contributed by atoms with Crippen molar-refractivity contribution in [1.29, 1.82) is 0 Å². The lowest BCUT2D eigenvalue weighted by molar-refractivity contribution is 0.0949. The molecule has 0 aromatic heterocycles. The van der Waals surface area contributed by atoms with E-state index in [-0.39, 0.29) is 23.0 Å². The van der Waals surface area contributed by atoms with Gasteiger partial charge in [0.2, 0.25) is 0 Å². The van der Waals surface area contributed by atoms with E-state index in [4.69, 9.17) is 0 Å². The van der Waals surface area contributed by atoms with Crippen molar-refractivity contribution >= 4 is 5.91 Å². The third kappa shape index (κ3) is 3.15. The molecule has 4 heteroatoms. The highest BCUT2D eigenvalue weighted by Crippen LogP contribution is 2.27. The van der Waals surface area contributed by atoms with Crippen LogP contribution < -0.4 is 5.32 Å². The molecule has 0 atom stereocenters. The largest absolute Gasteiger partial charge is 0.504 e. The van der Waals surface area contributed by atoms with Gasteiger partial charge in [0.1, 0.15) is 0 Å². The van der Waals surface area contributed by atoms with E-state index in [1.165, 1.54) is 18.2 Å². The minimum absolute atomic E-state index is 0.108. The Morgan fingerprint density at radius 3 is 2.75 bits per heavy atom. The summed E-state index contributed by atoms with van der Waals surface area (Å²) in [5, 5.41) is 21.4. The summed E-state index contributed by atoms with van der Waals surface area (Å²) in [6.07, 6.45) is 3.07. The van der Waals surface area contributed by atoms with Crippen molar-refractivity contribution < 1.29 is 15.0 Å². The first-order valence-corrected chi connectivity index (χ1v) is 5.46. The number of amides is 1. The summed E-state index contributed by atoms with van der Waals surface area (Å²) < 4.78 is 0. The number of carbonyl (C=O) groups excluding carboxylic acids is 1. The molecule has 3 N–H and O–H groups in total. The van der Waals surface area contributed by atoms with Crippen LogP contribution in [0.15, 0.2) is 18.2 Å². The van der Waals surface area contributed by atoms with Gasteiger partial charge in [0.15, 0.2) is 11.5 Å². The Labute approximate surface area is 94.9 Å². The van der Waals surface area contributed by atoms with Gasteiger partial charge in [-0.25, -0.2) is 0 Å². The highest BCUT2D eigenvalue weighted by atomic mass is 16.3. The molecule has 0 saturated heterocycles. The van der Waals surface area contributed by atoms with Gasteiger partial charge in [-0.05, 0) is 18.6 Å². The standard InChI is InChI=1S/C12H17NO3/c1-2-3-4-8-13-12(16)9-6-5-7-10(14)11(9)15/h5-7,14-15H,2-4,8H2,1H3,(H,13,16). The first-order chi connectivity index (χ1) is 7.66. The molecule has 0 radical (unpaired) electrons. The number of hydrogen-bond donors (Lipinski definition) is 3. The Hall–Kier alpha value is -1.71. The van der Waals surface area contributed by atoms with E-state index >= 15 is 0 Å². The van der Waals surface area contributed by atoms with Crippen LogP contribution in [0.3, 0.4) is 0 Å². The van der Waals surface area contributed by atoms with E-state index in [9.17, 15) is 15.0 Å². The number of rotatable bonds is 5. The fourth-order valence-corrected chi connectivity index (χ4v) is 1.39. The lowest BCUT2D eigenvalue weighted by Crippen LogP contribution is -2.24. The van der Waals surface area contributed by atoms with Gasteiger partial charge in [0.05, 0.1) is 5.56 Å². The molecule has 4 nitrogen and oxygen atoms in total. The number of aromatic hydroxyl groups is 2. The van der Waals surface area contributed by atoms with Gasteiger partial charge in [0, 0.05) is 6.54 Å². The summed E-state index contributed by atoms with van der Waals surface area (Å²) in [6.45, 7) is 2.67. The van der Waals surface area contributed by atoms with Crippen LogP contribution in [0.1, 0.15) is 36.5 Å². The molecule has 0 spiro atoms. The van der Waals surface area contributed by atoms with Crippen LogP contribution in [0.2, 0.25) is 0 Å². The van der Waals surface area contributed by atoms with Crippen molar-refractivity contribution in [3.8, 4) is 11.5 Å². The Morgan fingerprint density at radius 1 is 1.31 bits per heavy atom. The van der Waals surface area contributed by atoms with Crippen LogP contribution in [-0.2, 0) is 0 Å². The second kappa shape index (κ2) is 6.00. The number of hydrogen-bond acceptors (Lipinski definition) is 3. The van der Waals surface area contributed by atoms with Crippen LogP contribution in [0.25, 0.3) is 0 Å². The number of nitrogens with one attached hydrogen (secondary N) is 1. The predicted octanol–water partition coefficient (Wildman–Crippen LogP) is 2.02. The van der Waals surface area contributed by atoms with E-state index < -0.39 is 0 Å². The Bertz CT molecular complexity index is 363. The van der Waals surface area contributed by atoms with E-state index in [0.29, 0.717) is 6.54 Å². The van der Waals surface area contributed by atoms with Crippen LogP contribution in [0.4, 0.5) is 0 Å². The number of para-hydroxylation sites is 1. The Balaban J connectivity index is 2.56. The van der Waals surface area contributed by atoms with E-state index in [2.05, 4.69) is 12.2 Å². The summed E-state index contributed by atoms with van der Waals surface area (Å²) in [5.41, 5.74) is 0.108. The molecule has 88 valence electrons. The van der Waals surface area contributed by atoms with Crippen LogP contribution in [0.5, 0.6) is 11.5 Å². The summed E-state index contributed by atoms with van der Waals surface area (Å²) in [4.78, 5) is 11.6. The summed E-state index contributed by atoms with van der Waals surface area (Å²) in [6, 6.07) is 4.34. The predicted molar refractivity (Wildman–Crippen MR) is 61.6 cm³/mol. The third-order valence-corrected chi connectivity index (χ3v) is 2.33. The number of phenols is 2. The van der Waals surface area contributed by atoms with Gasteiger partial charge in [-0.1, -0.05) is 25.8 Å². The quantitative estimate of drug-likeness (QED) is 0.528. The number of carbonyl (C=O) groups is 1. The Kier molecular flexibility index (Phi) is 4.64. The van der Waals surface area contributed by atoms with Gasteiger partial charge in [-0.15, -0.1) is 0 Å². The molecule has 0 aliphatic heterocycles. The van der Waals surface area contributed by atoms with Gasteiger partial charge in [-0.3, -0.25) is 4.79 Å². The first-order valence-electron chi connectivity index (χ1n) is 5.46. The lowest BCUT2D eigenvalue weighted by Gasteiger charge is -2.07. The average Bonchev–Trinajstić information content (AvgIpc) is 2.28. The summed E-state index contributed by atoms with van der Waals surface area (Å²) >= 11 is 0. The highest BCUT2D eigenvalue weighted by molar-refractivity contribution is 5.97. The summed E-state index contributed by atoms with van der Waals surface area (Å²) in [7, 11) is 0. The molecule has 0 heterocycles. The van der Waals surface area contributed by atoms with Crippen molar-refractivity contribution in [3.63, 3.8) is 0 Å². The van der Waals surface area contributed by atoms with E-state index in [1.807, 2.05) is 0 Å². The van der Waals surface area contributed by atoms with E-state index in [0.717, 1.165) is 19.3 Å². The number of phenolic OH excluding ortho intramolecular Hbond substituents is 2. The van der Waals surface area contributed by atoms with Crippen molar-refractivity contribution in [2.75, 3.05) is 6.54 Å². The minimum Gasteiger partial charge on any atom is -0.504 e. The maximum Gasteiger partial charge on any atom is 0.255 e. The molecule has 0 saturated carbocycles. The lowest BCUT2D eigenvalue weighted by atomic mass is 10.1. The molecule has 0 unspecified atom stereocenters. The number of benzene rings is 1. The first kappa shape index (κ1) is 12.4. The maximum absolute atomic E-state index is 11.6. The van der Waals surface area contributed by atoms with Gasteiger partial charge in [0.25, 0.3) is 5.91 Å². The van der Waals surface area contributed by atoms with Crippen molar-refractivity contribution in [2.24, 2.45) is 0 Å². The molecule has 0 fully saturated rings. The van der Waals surface area contributed by atoms with Gasteiger partial charge < -0.3 is 15.5 Å². The molecule has 1 aromatic carbocycles. The highest BCUT2D eigenvalue weighted by Gasteiger charge is 2.12. The second-order valence-electron chi connectivity index (χ2n) is 3.64. The zero-order chi connectivity index (χ0) is 12.0. The van der Waals surface area contributed by atoms with Crippen LogP contribution in [0, 0.1) is 0 Å². The topological polar surface area (TPSA) is 69.6 Å². The normalized spacial score (nSPS) is 10.1. The van der Waals surface area contributed by atoms with Crippen molar-refractivity contribution in [1.82, 2.24) is 5.32 Å². The van der Waals surface area contributed by atoms with Gasteiger partial charge in [-0.2, -0.15) is 0 Å². The zero-order valence-electron chi connectivity index (χ0n) is 9.36. The fourth-order valence-electron chi connectivity index (χ4n) is 1.39. The molecular weight excluding hydrogens is 206 g/mol. The molecular formula is C12H17NO3. The molecule has 1 aromatic rings. The summed E-state index contributed by atoms with van der Waals surface area (Å²) in [5.74, 6) is -0.999. The molecule has 1 amide bonds. The molecule has 16 heavy (non-hydrogen) atoms. The van der Waals surface area contributed by atoms with Crippen LogP contribution in [-0.4, -0.2) is 22.7 Å². The monoisotopic (exact) mass is 223 g/mol. The minimum atomic E-state index is -0.365. The SMILES string of the molecule is CCCCCNC(=O)c1cccc(O)c1O. The smallest absolute Gasteiger partial charge is 0.255 e. The molecule has 0 bridgehead atoms. The van der Waals surface area contributed by atoms with Crippen molar-refractivity contribution in [2.45, 2.75) is 26.2 Å². The van der Waals surface area contributed by atoms with Crippen molar-refractivity contribution in [3.05, 3.63) is 23.8 Å². The molecule has 1 rings (SSSR count). The zero-order valence-corrected chi connectivity index (χ0v) is 9.36. The third-order valence-electron chi connectivity index (χ3n) is 2.33. The maximum atomic E-state index is 11.6. The second-order valence-corrected chi connectivity index (χ2v) is 3.64. The molecule has 0 aliphatic rings. The Morgan fingerprint density at radius 2 is 2.06 bits per heavy atom. The van der Waals surface area contributed by atoms with Gasteiger partial charge >= 0.3 is 0 Å². The van der Waals surface area contributed by atoms with E-state index in [1.54, 1.807) is 0 Å². The average molecular weight is 223 g/mol. The fraction of sp³-hybridized carbons (Fsp3) is 0.417. The van der Waals surface area contributed by atoms with Crippen LogP contribution >= 0.6 is 0 Å².